The highest BCUT2D eigenvalue weighted by Gasteiger charge is 2.47. The first-order valence-electron chi connectivity index (χ1n) is 9.48. The molecule has 0 aliphatic carbocycles. The maximum absolute atomic E-state index is 13.1. The highest BCUT2D eigenvalue weighted by Crippen LogP contribution is 2.44. The fourth-order valence-electron chi connectivity index (χ4n) is 3.83. The number of carbonyl (C=O) groups excluding carboxylic acids is 2. The highest BCUT2D eigenvalue weighted by molar-refractivity contribution is 7.10. The van der Waals surface area contributed by atoms with Crippen molar-refractivity contribution in [1.29, 1.82) is 0 Å². The molecule has 1 aliphatic rings. The number of Topliss-reactive ketones (excluding diaryl/α,β-unsaturated/α-hetero) is 1. The Morgan fingerprint density at radius 1 is 1.03 bits per heavy atom. The molecule has 1 unspecified atom stereocenters. The Morgan fingerprint density at radius 2 is 1.77 bits per heavy atom. The van der Waals surface area contributed by atoms with E-state index < -0.39 is 17.7 Å². The van der Waals surface area contributed by atoms with Crippen molar-refractivity contribution in [2.24, 2.45) is 0 Å². The molecule has 6 heteroatoms. The minimum absolute atomic E-state index is 0.0786. The third kappa shape index (κ3) is 3.39. The van der Waals surface area contributed by atoms with E-state index in [0.717, 1.165) is 16.0 Å². The van der Waals surface area contributed by atoms with Gasteiger partial charge in [-0.3, -0.25) is 14.5 Å². The molecular weight excluding hydrogens is 398 g/mol. The average molecular weight is 420 g/mol. The van der Waals surface area contributed by atoms with Crippen LogP contribution in [-0.4, -0.2) is 23.9 Å². The third-order valence-electron chi connectivity index (χ3n) is 5.08. The van der Waals surface area contributed by atoms with Gasteiger partial charge in [-0.1, -0.05) is 24.3 Å². The van der Waals surface area contributed by atoms with Crippen molar-refractivity contribution in [2.45, 2.75) is 19.9 Å². The Kier molecular flexibility index (Phi) is 5.18. The van der Waals surface area contributed by atoms with Crippen LogP contribution in [0.1, 0.15) is 27.6 Å². The number of rotatable bonds is 4. The first-order chi connectivity index (χ1) is 14.4. The first-order valence-corrected chi connectivity index (χ1v) is 10.4. The van der Waals surface area contributed by atoms with Crippen LogP contribution in [0.2, 0.25) is 0 Å². The Hall–Kier alpha value is -3.38. The quantitative estimate of drug-likeness (QED) is 0.367. The second kappa shape index (κ2) is 7.80. The van der Waals surface area contributed by atoms with Crippen molar-refractivity contribution in [3.63, 3.8) is 0 Å². The van der Waals surface area contributed by atoms with E-state index in [4.69, 9.17) is 4.74 Å². The van der Waals surface area contributed by atoms with Crippen LogP contribution in [0.25, 0.3) is 5.76 Å². The highest BCUT2D eigenvalue weighted by atomic mass is 32.1. The van der Waals surface area contributed by atoms with Crippen LogP contribution in [0.3, 0.4) is 0 Å². The predicted octanol–water partition coefficient (Wildman–Crippen LogP) is 5.00. The number of carbonyl (C=O) groups is 2. The molecule has 2 heterocycles. The van der Waals surface area contributed by atoms with Gasteiger partial charge in [-0.25, -0.2) is 0 Å². The number of hydrogen-bond acceptors (Lipinski definition) is 5. The molecule has 1 fully saturated rings. The molecular formula is C24H21NO4S. The number of nitrogens with zero attached hydrogens (tertiary/aromatic N) is 1. The zero-order valence-electron chi connectivity index (χ0n) is 16.9. The van der Waals surface area contributed by atoms with Gasteiger partial charge in [-0.05, 0) is 60.7 Å². The zero-order valence-corrected chi connectivity index (χ0v) is 17.7. The Balaban J connectivity index is 1.94. The fourth-order valence-corrected chi connectivity index (χ4v) is 4.65. The minimum Gasteiger partial charge on any atom is -0.507 e. The second-order valence-corrected chi connectivity index (χ2v) is 8.24. The first kappa shape index (κ1) is 19.9. The Labute approximate surface area is 178 Å². The fraction of sp³-hybridized carbons (Fsp3) is 0.167. The smallest absolute Gasteiger partial charge is 0.300 e. The van der Waals surface area contributed by atoms with Crippen molar-refractivity contribution in [2.75, 3.05) is 12.0 Å². The molecule has 5 nitrogen and oxygen atoms in total. The van der Waals surface area contributed by atoms with Crippen LogP contribution < -0.4 is 9.64 Å². The number of aliphatic hydroxyl groups excluding tert-OH is 1. The van der Waals surface area contributed by atoms with Crippen LogP contribution in [0.15, 0.2) is 65.6 Å². The number of hydrogen-bond donors (Lipinski definition) is 1. The average Bonchev–Trinajstić information content (AvgIpc) is 3.34. The van der Waals surface area contributed by atoms with Crippen molar-refractivity contribution >= 4 is 34.5 Å². The van der Waals surface area contributed by atoms with E-state index in [2.05, 4.69) is 0 Å². The van der Waals surface area contributed by atoms with E-state index in [1.54, 1.807) is 24.3 Å². The lowest BCUT2D eigenvalue weighted by molar-refractivity contribution is -0.132. The van der Waals surface area contributed by atoms with Crippen LogP contribution >= 0.6 is 11.3 Å². The summed E-state index contributed by atoms with van der Waals surface area (Å²) < 4.78 is 5.24. The minimum atomic E-state index is -0.701. The van der Waals surface area contributed by atoms with E-state index in [-0.39, 0.29) is 11.3 Å². The number of ether oxygens (including phenoxy) is 1. The maximum Gasteiger partial charge on any atom is 0.300 e. The van der Waals surface area contributed by atoms with Crippen LogP contribution in [0.4, 0.5) is 5.69 Å². The molecule has 1 aliphatic heterocycles. The summed E-state index contributed by atoms with van der Waals surface area (Å²) in [5, 5.41) is 13.0. The van der Waals surface area contributed by atoms with Gasteiger partial charge in [0.2, 0.25) is 0 Å². The lowest BCUT2D eigenvalue weighted by Crippen LogP contribution is -2.29. The number of benzene rings is 2. The molecule has 4 rings (SSSR count). The van der Waals surface area contributed by atoms with Crippen molar-refractivity contribution in [1.82, 2.24) is 0 Å². The summed E-state index contributed by atoms with van der Waals surface area (Å²) in [5.74, 6) is -1.01. The van der Waals surface area contributed by atoms with E-state index in [1.165, 1.54) is 23.3 Å². The molecule has 1 amide bonds. The SMILES string of the molecule is COc1cccc(/C(O)=C2/C(=O)C(=O)N(c3cc(C)cc(C)c3)C2c2cccs2)c1. The number of aliphatic hydroxyl groups is 1. The van der Waals surface area contributed by atoms with Crippen molar-refractivity contribution in [3.8, 4) is 5.75 Å². The van der Waals surface area contributed by atoms with E-state index >= 15 is 0 Å². The van der Waals surface area contributed by atoms with Crippen LogP contribution in [-0.2, 0) is 9.59 Å². The number of ketones is 1. The molecule has 0 radical (unpaired) electrons. The number of anilines is 1. The van der Waals surface area contributed by atoms with Crippen molar-refractivity contribution < 1.29 is 19.4 Å². The normalized spacial score (nSPS) is 18.1. The Bertz CT molecular complexity index is 1140. The van der Waals surface area contributed by atoms with Gasteiger partial charge in [0.05, 0.1) is 12.7 Å². The molecule has 2 aromatic carbocycles. The molecule has 0 saturated carbocycles. The van der Waals surface area contributed by atoms with Crippen LogP contribution in [0.5, 0.6) is 5.75 Å². The summed E-state index contributed by atoms with van der Waals surface area (Å²) in [4.78, 5) is 28.5. The van der Waals surface area contributed by atoms with Gasteiger partial charge in [0.15, 0.2) is 0 Å². The maximum atomic E-state index is 13.1. The predicted molar refractivity (Wildman–Crippen MR) is 118 cm³/mol. The molecule has 152 valence electrons. The lowest BCUT2D eigenvalue weighted by Gasteiger charge is -2.25. The van der Waals surface area contributed by atoms with Gasteiger partial charge in [-0.15, -0.1) is 11.3 Å². The van der Waals surface area contributed by atoms with Gasteiger partial charge in [0.25, 0.3) is 11.7 Å². The van der Waals surface area contributed by atoms with E-state index in [9.17, 15) is 14.7 Å². The van der Waals surface area contributed by atoms with Gasteiger partial charge >= 0.3 is 0 Å². The van der Waals surface area contributed by atoms with Crippen molar-refractivity contribution in [3.05, 3.63) is 87.1 Å². The molecule has 1 atom stereocenters. The summed E-state index contributed by atoms with van der Waals surface area (Å²) in [5.41, 5.74) is 3.12. The number of methoxy groups -OCH3 is 1. The van der Waals surface area contributed by atoms with Gasteiger partial charge in [-0.2, -0.15) is 0 Å². The zero-order chi connectivity index (χ0) is 21.4. The largest absolute Gasteiger partial charge is 0.507 e. The molecule has 1 N–H and O–H groups in total. The van der Waals surface area contributed by atoms with Gasteiger partial charge < -0.3 is 9.84 Å². The molecule has 0 spiro atoms. The number of amides is 1. The lowest BCUT2D eigenvalue weighted by atomic mass is 9.99. The molecule has 1 aromatic heterocycles. The summed E-state index contributed by atoms with van der Waals surface area (Å²) in [6.45, 7) is 3.90. The number of aryl methyl sites for hydroxylation is 2. The van der Waals surface area contributed by atoms with Crippen LogP contribution in [0, 0.1) is 13.8 Å². The summed E-state index contributed by atoms with van der Waals surface area (Å²) >= 11 is 1.44. The number of thiophene rings is 1. The van der Waals surface area contributed by atoms with Gasteiger partial charge in [0, 0.05) is 16.1 Å². The second-order valence-electron chi connectivity index (χ2n) is 7.26. The van der Waals surface area contributed by atoms with E-state index in [1.807, 2.05) is 49.6 Å². The standard InChI is InChI=1S/C24H21NO4S/c1-14-10-15(2)12-17(11-14)25-21(19-8-5-9-30-19)20(23(27)24(25)28)22(26)16-6-4-7-18(13-16)29-3/h4-13,21,26H,1-3H3/b22-20-. The molecule has 30 heavy (non-hydrogen) atoms. The third-order valence-corrected chi connectivity index (χ3v) is 6.01. The summed E-state index contributed by atoms with van der Waals surface area (Å²) in [6.07, 6.45) is 0. The molecule has 3 aromatic rings. The van der Waals surface area contributed by atoms with E-state index in [0.29, 0.717) is 17.0 Å². The summed E-state index contributed by atoms with van der Waals surface area (Å²) in [6, 6.07) is 15.6. The molecule has 0 bridgehead atoms. The topological polar surface area (TPSA) is 66.8 Å². The Morgan fingerprint density at radius 3 is 2.40 bits per heavy atom. The monoisotopic (exact) mass is 419 g/mol. The summed E-state index contributed by atoms with van der Waals surface area (Å²) in [7, 11) is 1.53. The van der Waals surface area contributed by atoms with Gasteiger partial charge in [0.1, 0.15) is 17.6 Å². The molecule has 1 saturated heterocycles.